The van der Waals surface area contributed by atoms with E-state index < -0.39 is 0 Å². The fourth-order valence-electron chi connectivity index (χ4n) is 1.61. The van der Waals surface area contributed by atoms with Crippen LogP contribution in [0, 0.1) is 11.3 Å². The minimum atomic E-state index is 0.400. The topological polar surface area (TPSA) is 104 Å². The highest BCUT2D eigenvalue weighted by Gasteiger charge is 2.11. The largest absolute Gasteiger partial charge is 0.339 e. The van der Waals surface area contributed by atoms with Gasteiger partial charge in [0.2, 0.25) is 11.7 Å². The Hall–Kier alpha value is -3.01. The molecule has 3 aromatic rings. The molecule has 2 aromatic heterocycles. The second-order valence-corrected chi connectivity index (χ2v) is 3.85. The van der Waals surface area contributed by atoms with Gasteiger partial charge in [-0.3, -0.25) is 0 Å². The van der Waals surface area contributed by atoms with Crippen molar-refractivity contribution in [1.29, 1.82) is 5.26 Å². The maximum atomic E-state index is 8.72. The van der Waals surface area contributed by atoms with Crippen molar-refractivity contribution in [2.24, 2.45) is 0 Å². The first-order chi connectivity index (χ1) is 9.35. The molecule has 0 spiro atoms. The van der Waals surface area contributed by atoms with Crippen molar-refractivity contribution in [2.45, 2.75) is 6.42 Å². The number of aromatic amines is 1. The molecule has 0 amide bonds. The molecule has 0 aliphatic rings. The SMILES string of the molecule is N#Cc1ccc(Cc2nc(-c3cn[nH]n3)no2)cc1. The number of H-pyrrole nitrogens is 1. The zero-order valence-electron chi connectivity index (χ0n) is 9.74. The Morgan fingerprint density at radius 1 is 1.26 bits per heavy atom. The lowest BCUT2D eigenvalue weighted by molar-refractivity contribution is 0.385. The molecule has 0 aliphatic heterocycles. The molecule has 7 heteroatoms. The molecule has 0 fully saturated rings. The Labute approximate surface area is 107 Å². The molecule has 0 saturated heterocycles. The number of nitrogens with one attached hydrogen (secondary N) is 1. The molecule has 1 aromatic carbocycles. The van der Waals surface area contributed by atoms with Gasteiger partial charge in [-0.2, -0.15) is 25.7 Å². The van der Waals surface area contributed by atoms with Gasteiger partial charge in [0.1, 0.15) is 0 Å². The van der Waals surface area contributed by atoms with E-state index >= 15 is 0 Å². The normalized spacial score (nSPS) is 10.3. The molecular weight excluding hydrogens is 244 g/mol. The van der Waals surface area contributed by atoms with Crippen LogP contribution >= 0.6 is 0 Å². The van der Waals surface area contributed by atoms with Gasteiger partial charge in [-0.15, -0.1) is 0 Å². The van der Waals surface area contributed by atoms with Crippen molar-refractivity contribution in [3.8, 4) is 17.6 Å². The molecular formula is C12H8N6O. The third-order valence-corrected chi connectivity index (χ3v) is 2.55. The molecule has 0 radical (unpaired) electrons. The van der Waals surface area contributed by atoms with Crippen LogP contribution in [-0.4, -0.2) is 25.6 Å². The molecule has 19 heavy (non-hydrogen) atoms. The lowest BCUT2D eigenvalue weighted by Crippen LogP contribution is -1.89. The van der Waals surface area contributed by atoms with Crippen LogP contribution in [0.2, 0.25) is 0 Å². The molecule has 3 rings (SSSR count). The van der Waals surface area contributed by atoms with Crippen LogP contribution in [0.3, 0.4) is 0 Å². The summed E-state index contributed by atoms with van der Waals surface area (Å²) < 4.78 is 5.14. The van der Waals surface area contributed by atoms with E-state index in [0.29, 0.717) is 29.4 Å². The van der Waals surface area contributed by atoms with E-state index in [-0.39, 0.29) is 0 Å². The van der Waals surface area contributed by atoms with Crippen LogP contribution in [-0.2, 0) is 6.42 Å². The first-order valence-electron chi connectivity index (χ1n) is 5.53. The van der Waals surface area contributed by atoms with Crippen LogP contribution in [0.5, 0.6) is 0 Å². The standard InChI is InChI=1S/C12H8N6O/c13-6-9-3-1-8(2-4-9)5-11-15-12(17-19-11)10-7-14-18-16-10/h1-4,7H,5H2,(H,14,16,18). The lowest BCUT2D eigenvalue weighted by atomic mass is 10.1. The van der Waals surface area contributed by atoms with Gasteiger partial charge in [0.25, 0.3) is 0 Å². The average Bonchev–Trinajstić information content (AvgIpc) is 3.10. The van der Waals surface area contributed by atoms with Gasteiger partial charge in [0.15, 0.2) is 5.69 Å². The quantitative estimate of drug-likeness (QED) is 0.753. The monoisotopic (exact) mass is 252 g/mol. The summed E-state index contributed by atoms with van der Waals surface area (Å²) in [4.78, 5) is 4.23. The van der Waals surface area contributed by atoms with E-state index in [9.17, 15) is 0 Å². The van der Waals surface area contributed by atoms with Crippen LogP contribution in [0.25, 0.3) is 11.5 Å². The van der Waals surface area contributed by atoms with Crippen LogP contribution < -0.4 is 0 Å². The number of benzene rings is 1. The van der Waals surface area contributed by atoms with Gasteiger partial charge in [-0.1, -0.05) is 17.3 Å². The molecule has 0 bridgehead atoms. The van der Waals surface area contributed by atoms with E-state index in [2.05, 4.69) is 31.6 Å². The van der Waals surface area contributed by atoms with Crippen molar-refractivity contribution in [2.75, 3.05) is 0 Å². The van der Waals surface area contributed by atoms with Crippen LogP contribution in [0.15, 0.2) is 35.0 Å². The van der Waals surface area contributed by atoms with Crippen molar-refractivity contribution in [3.05, 3.63) is 47.5 Å². The summed E-state index contributed by atoms with van der Waals surface area (Å²) in [7, 11) is 0. The number of hydrogen-bond donors (Lipinski definition) is 1. The van der Waals surface area contributed by atoms with E-state index in [1.54, 1.807) is 12.1 Å². The lowest BCUT2D eigenvalue weighted by Gasteiger charge is -1.95. The highest BCUT2D eigenvalue weighted by atomic mass is 16.5. The third kappa shape index (κ3) is 2.32. The summed E-state index contributed by atoms with van der Waals surface area (Å²) in [5, 5.41) is 22.6. The van der Waals surface area contributed by atoms with Crippen molar-refractivity contribution in [1.82, 2.24) is 25.6 Å². The van der Waals surface area contributed by atoms with E-state index in [0.717, 1.165) is 5.56 Å². The van der Waals surface area contributed by atoms with Gasteiger partial charge in [0, 0.05) is 0 Å². The van der Waals surface area contributed by atoms with Crippen molar-refractivity contribution in [3.63, 3.8) is 0 Å². The maximum Gasteiger partial charge on any atom is 0.231 e. The van der Waals surface area contributed by atoms with E-state index in [1.165, 1.54) is 6.20 Å². The summed E-state index contributed by atoms with van der Waals surface area (Å²) >= 11 is 0. The number of nitrogens with zero attached hydrogens (tertiary/aromatic N) is 5. The minimum absolute atomic E-state index is 0.400. The van der Waals surface area contributed by atoms with E-state index in [4.69, 9.17) is 9.78 Å². The molecule has 0 atom stereocenters. The fraction of sp³-hybridized carbons (Fsp3) is 0.0833. The van der Waals surface area contributed by atoms with Gasteiger partial charge >= 0.3 is 0 Å². The molecule has 1 N–H and O–H groups in total. The summed E-state index contributed by atoms with van der Waals surface area (Å²) in [6.45, 7) is 0. The molecule has 2 heterocycles. The number of rotatable bonds is 3. The summed E-state index contributed by atoms with van der Waals surface area (Å²) in [6.07, 6.45) is 2.03. The minimum Gasteiger partial charge on any atom is -0.339 e. The van der Waals surface area contributed by atoms with E-state index in [1.807, 2.05) is 12.1 Å². The zero-order chi connectivity index (χ0) is 13.1. The summed E-state index contributed by atoms with van der Waals surface area (Å²) in [5.41, 5.74) is 2.15. The van der Waals surface area contributed by atoms with Gasteiger partial charge < -0.3 is 4.52 Å². The zero-order valence-corrected chi connectivity index (χ0v) is 9.74. The molecule has 0 aliphatic carbocycles. The Morgan fingerprint density at radius 3 is 2.79 bits per heavy atom. The Bertz CT molecular complexity index is 708. The maximum absolute atomic E-state index is 8.72. The Kier molecular flexibility index (Phi) is 2.74. The Morgan fingerprint density at radius 2 is 2.11 bits per heavy atom. The van der Waals surface area contributed by atoms with Crippen LogP contribution in [0.1, 0.15) is 17.0 Å². The fourth-order valence-corrected chi connectivity index (χ4v) is 1.61. The third-order valence-electron chi connectivity index (χ3n) is 2.55. The number of aromatic nitrogens is 5. The highest BCUT2D eigenvalue weighted by Crippen LogP contribution is 2.13. The second kappa shape index (κ2) is 4.70. The predicted molar refractivity (Wildman–Crippen MR) is 63.6 cm³/mol. The number of hydrogen-bond acceptors (Lipinski definition) is 6. The van der Waals surface area contributed by atoms with Gasteiger partial charge in [-0.05, 0) is 17.7 Å². The highest BCUT2D eigenvalue weighted by molar-refractivity contribution is 5.45. The smallest absolute Gasteiger partial charge is 0.231 e. The van der Waals surface area contributed by atoms with Crippen molar-refractivity contribution >= 4 is 0 Å². The van der Waals surface area contributed by atoms with Crippen LogP contribution in [0.4, 0.5) is 0 Å². The first-order valence-corrected chi connectivity index (χ1v) is 5.53. The van der Waals surface area contributed by atoms with Crippen molar-refractivity contribution < 1.29 is 4.52 Å². The molecule has 0 unspecified atom stereocenters. The summed E-state index contributed by atoms with van der Waals surface area (Å²) in [6, 6.07) is 9.30. The molecule has 7 nitrogen and oxygen atoms in total. The van der Waals surface area contributed by atoms with Gasteiger partial charge in [-0.25, -0.2) is 0 Å². The molecule has 0 saturated carbocycles. The predicted octanol–water partition coefficient (Wildman–Crippen LogP) is 1.32. The van der Waals surface area contributed by atoms with Gasteiger partial charge in [0.05, 0.1) is 24.3 Å². The first kappa shape index (κ1) is 11.1. The average molecular weight is 252 g/mol. The Balaban J connectivity index is 1.78. The number of nitriles is 1. The molecule has 92 valence electrons. The summed E-state index contributed by atoms with van der Waals surface area (Å²) in [5.74, 6) is 0.889. The second-order valence-electron chi connectivity index (χ2n) is 3.85.